The molecule has 110 valence electrons. The molecule has 0 aliphatic heterocycles. The fourth-order valence-corrected chi connectivity index (χ4v) is 1.92. The first-order chi connectivity index (χ1) is 9.88. The third kappa shape index (κ3) is 3.79. The summed E-state index contributed by atoms with van der Waals surface area (Å²) in [5.74, 6) is -0.653. The number of anilines is 1. The van der Waals surface area contributed by atoms with Gasteiger partial charge in [-0.05, 0) is 25.3 Å². The Morgan fingerprint density at radius 1 is 1.10 bits per heavy atom. The van der Waals surface area contributed by atoms with Gasteiger partial charge in [-0.15, -0.1) is 0 Å². The van der Waals surface area contributed by atoms with Crippen LogP contribution < -0.4 is 16.4 Å². The largest absolute Gasteiger partial charge is 0.345 e. The summed E-state index contributed by atoms with van der Waals surface area (Å²) in [4.78, 5) is 23.5. The molecule has 0 heterocycles. The van der Waals surface area contributed by atoms with Crippen molar-refractivity contribution in [2.24, 2.45) is 5.73 Å². The molecule has 5 nitrogen and oxygen atoms in total. The lowest BCUT2D eigenvalue weighted by atomic mass is 10.1. The van der Waals surface area contributed by atoms with Crippen LogP contribution in [0.4, 0.5) is 5.69 Å². The molecule has 2 rings (SSSR count). The lowest BCUT2D eigenvalue weighted by Gasteiger charge is -2.17. The highest BCUT2D eigenvalue weighted by Gasteiger charge is 2.21. The van der Waals surface area contributed by atoms with Crippen LogP contribution in [0, 0.1) is 0 Å². The van der Waals surface area contributed by atoms with Gasteiger partial charge in [-0.1, -0.05) is 36.4 Å². The molecule has 0 atom stereocenters. The second-order valence-corrected chi connectivity index (χ2v) is 5.48. The van der Waals surface area contributed by atoms with Crippen LogP contribution >= 0.6 is 0 Å². The number of rotatable bonds is 4. The van der Waals surface area contributed by atoms with Crippen LogP contribution in [0.1, 0.15) is 13.8 Å². The monoisotopic (exact) mass is 285 g/mol. The molecule has 5 heteroatoms. The number of benzene rings is 2. The van der Waals surface area contributed by atoms with Gasteiger partial charge in [-0.25, -0.2) is 0 Å². The first-order valence-electron chi connectivity index (χ1n) is 6.73. The number of fused-ring (bicyclic) bond motifs is 1. The van der Waals surface area contributed by atoms with E-state index in [1.165, 1.54) is 0 Å². The third-order valence-electron chi connectivity index (χ3n) is 3.06. The molecule has 0 unspecified atom stereocenters. The van der Waals surface area contributed by atoms with Crippen molar-refractivity contribution >= 4 is 28.3 Å². The van der Waals surface area contributed by atoms with E-state index in [4.69, 9.17) is 5.73 Å². The van der Waals surface area contributed by atoms with Gasteiger partial charge in [0, 0.05) is 11.1 Å². The van der Waals surface area contributed by atoms with Crippen molar-refractivity contribution in [2.75, 3.05) is 11.9 Å². The standard InChI is InChI=1S/C16H19N3O2/c1-16(2,17)15(21)18-10-14(20)19-13-9-5-7-11-6-3-4-8-12(11)13/h3-9H,10,17H2,1-2H3,(H,18,21)(H,19,20). The van der Waals surface area contributed by atoms with Gasteiger partial charge in [0.15, 0.2) is 0 Å². The van der Waals surface area contributed by atoms with Gasteiger partial charge >= 0.3 is 0 Å². The molecule has 2 aromatic rings. The van der Waals surface area contributed by atoms with Crippen molar-refractivity contribution in [1.82, 2.24) is 5.32 Å². The van der Waals surface area contributed by atoms with Crippen LogP contribution in [-0.4, -0.2) is 23.9 Å². The van der Waals surface area contributed by atoms with Crippen molar-refractivity contribution in [3.8, 4) is 0 Å². The average Bonchev–Trinajstić information content (AvgIpc) is 2.44. The van der Waals surface area contributed by atoms with E-state index in [-0.39, 0.29) is 18.4 Å². The SMILES string of the molecule is CC(C)(N)C(=O)NCC(=O)Nc1cccc2ccccc12. The maximum absolute atomic E-state index is 11.9. The molecule has 0 saturated carbocycles. The Morgan fingerprint density at radius 3 is 2.48 bits per heavy atom. The highest BCUT2D eigenvalue weighted by atomic mass is 16.2. The Kier molecular flexibility index (Phi) is 4.23. The number of amides is 2. The molecule has 21 heavy (non-hydrogen) atoms. The van der Waals surface area contributed by atoms with Gasteiger partial charge in [0.25, 0.3) is 0 Å². The van der Waals surface area contributed by atoms with Crippen LogP contribution in [0.25, 0.3) is 10.8 Å². The zero-order valence-electron chi connectivity index (χ0n) is 12.1. The van der Waals surface area contributed by atoms with Gasteiger partial charge in [-0.2, -0.15) is 0 Å². The van der Waals surface area contributed by atoms with E-state index in [0.29, 0.717) is 0 Å². The maximum atomic E-state index is 11.9. The van der Waals surface area contributed by atoms with Gasteiger partial charge < -0.3 is 16.4 Å². The minimum absolute atomic E-state index is 0.108. The summed E-state index contributed by atoms with van der Waals surface area (Å²) in [5.41, 5.74) is 5.37. The number of carbonyl (C=O) groups is 2. The predicted octanol–water partition coefficient (Wildman–Crippen LogP) is 1.63. The van der Waals surface area contributed by atoms with Gasteiger partial charge in [0.1, 0.15) is 0 Å². The van der Waals surface area contributed by atoms with Crippen LogP contribution in [0.15, 0.2) is 42.5 Å². The minimum atomic E-state index is -1.00. The summed E-state index contributed by atoms with van der Waals surface area (Å²) in [6.07, 6.45) is 0. The van der Waals surface area contributed by atoms with Crippen LogP contribution in [0.2, 0.25) is 0 Å². The Morgan fingerprint density at radius 2 is 1.76 bits per heavy atom. The number of nitrogens with one attached hydrogen (secondary N) is 2. The summed E-state index contributed by atoms with van der Waals surface area (Å²) in [6, 6.07) is 13.4. The molecule has 0 aliphatic carbocycles. The normalized spacial score (nSPS) is 11.2. The highest BCUT2D eigenvalue weighted by molar-refractivity contribution is 6.03. The number of hydrogen-bond acceptors (Lipinski definition) is 3. The van der Waals surface area contributed by atoms with Crippen LogP contribution in [0.5, 0.6) is 0 Å². The van der Waals surface area contributed by atoms with Gasteiger partial charge in [0.2, 0.25) is 11.8 Å². The molecule has 4 N–H and O–H groups in total. The zero-order valence-corrected chi connectivity index (χ0v) is 12.1. The van der Waals surface area contributed by atoms with E-state index in [1.54, 1.807) is 13.8 Å². The zero-order chi connectivity index (χ0) is 15.5. The van der Waals surface area contributed by atoms with Gasteiger partial charge in [0.05, 0.1) is 12.1 Å². The third-order valence-corrected chi connectivity index (χ3v) is 3.06. The highest BCUT2D eigenvalue weighted by Crippen LogP contribution is 2.22. The van der Waals surface area contributed by atoms with E-state index >= 15 is 0 Å². The first-order valence-corrected chi connectivity index (χ1v) is 6.73. The molecule has 0 radical (unpaired) electrons. The molecular formula is C16H19N3O2. The van der Waals surface area contributed by atoms with Crippen molar-refractivity contribution in [3.63, 3.8) is 0 Å². The second-order valence-electron chi connectivity index (χ2n) is 5.48. The van der Waals surface area contributed by atoms with Crippen molar-refractivity contribution in [3.05, 3.63) is 42.5 Å². The Hall–Kier alpha value is -2.40. The van der Waals surface area contributed by atoms with Crippen LogP contribution in [0.3, 0.4) is 0 Å². The van der Waals surface area contributed by atoms with Gasteiger partial charge in [-0.3, -0.25) is 9.59 Å². The molecule has 0 fully saturated rings. The van der Waals surface area contributed by atoms with Crippen LogP contribution in [-0.2, 0) is 9.59 Å². The summed E-state index contributed by atoms with van der Waals surface area (Å²) in [6.45, 7) is 3.07. The fourth-order valence-electron chi connectivity index (χ4n) is 1.92. The Balaban J connectivity index is 2.04. The fraction of sp³-hybridized carbons (Fsp3) is 0.250. The number of carbonyl (C=O) groups excluding carboxylic acids is 2. The Labute approximate surface area is 123 Å². The van der Waals surface area contributed by atoms with E-state index in [2.05, 4.69) is 10.6 Å². The maximum Gasteiger partial charge on any atom is 0.243 e. The quantitative estimate of drug-likeness (QED) is 0.798. The van der Waals surface area contributed by atoms with Crippen molar-refractivity contribution in [1.29, 1.82) is 0 Å². The smallest absolute Gasteiger partial charge is 0.243 e. The molecule has 0 aromatic heterocycles. The van der Waals surface area contributed by atoms with Crippen molar-refractivity contribution in [2.45, 2.75) is 19.4 Å². The molecule has 2 amide bonds. The lowest BCUT2D eigenvalue weighted by molar-refractivity contribution is -0.127. The number of hydrogen-bond donors (Lipinski definition) is 3. The van der Waals surface area contributed by atoms with E-state index in [9.17, 15) is 9.59 Å². The summed E-state index contributed by atoms with van der Waals surface area (Å²) in [5, 5.41) is 7.31. The summed E-state index contributed by atoms with van der Waals surface area (Å²) >= 11 is 0. The number of nitrogens with two attached hydrogens (primary N) is 1. The molecule has 0 spiro atoms. The summed E-state index contributed by atoms with van der Waals surface area (Å²) in [7, 11) is 0. The lowest BCUT2D eigenvalue weighted by Crippen LogP contribution is -2.50. The van der Waals surface area contributed by atoms with Crippen molar-refractivity contribution < 1.29 is 9.59 Å². The molecule has 0 saturated heterocycles. The molecular weight excluding hydrogens is 266 g/mol. The first kappa shape index (κ1) is 15.0. The van der Waals surface area contributed by atoms with E-state index in [1.807, 2.05) is 42.5 Å². The topological polar surface area (TPSA) is 84.2 Å². The second kappa shape index (κ2) is 5.93. The minimum Gasteiger partial charge on any atom is -0.345 e. The molecule has 0 bridgehead atoms. The van der Waals surface area contributed by atoms with E-state index < -0.39 is 5.54 Å². The molecule has 0 aliphatic rings. The average molecular weight is 285 g/mol. The van der Waals surface area contributed by atoms with E-state index in [0.717, 1.165) is 16.5 Å². The predicted molar refractivity (Wildman–Crippen MR) is 83.9 cm³/mol. The molecule has 2 aromatic carbocycles. The summed E-state index contributed by atoms with van der Waals surface area (Å²) < 4.78 is 0. The Bertz CT molecular complexity index is 669.